The van der Waals surface area contributed by atoms with Gasteiger partial charge in [-0.05, 0) is 30.2 Å². The summed E-state index contributed by atoms with van der Waals surface area (Å²) in [5, 5.41) is 6.37. The molecule has 1 amide bonds. The van der Waals surface area contributed by atoms with Crippen LogP contribution in [0.2, 0.25) is 0 Å². The number of hydrogen-bond donors (Lipinski definition) is 2. The molecular weight excluding hydrogens is 322 g/mol. The van der Waals surface area contributed by atoms with Gasteiger partial charge in [-0.25, -0.2) is 0 Å². The molecule has 3 rings (SSSR count). The number of aromatic nitrogens is 1. The van der Waals surface area contributed by atoms with Gasteiger partial charge in [-0.3, -0.25) is 15.1 Å². The topological polar surface area (TPSA) is 54.0 Å². The number of benzene rings is 2. The van der Waals surface area contributed by atoms with Crippen LogP contribution in [-0.4, -0.2) is 17.4 Å². The summed E-state index contributed by atoms with van der Waals surface area (Å²) >= 11 is 0. The van der Waals surface area contributed by atoms with Crippen molar-refractivity contribution in [2.24, 2.45) is 0 Å². The van der Waals surface area contributed by atoms with Gasteiger partial charge >= 0.3 is 0 Å². The Bertz CT molecular complexity index is 767. The van der Waals surface area contributed by atoms with Gasteiger partial charge in [0.25, 0.3) is 0 Å². The highest BCUT2D eigenvalue weighted by Crippen LogP contribution is 2.19. The Morgan fingerprint density at radius 3 is 2.12 bits per heavy atom. The van der Waals surface area contributed by atoms with Crippen molar-refractivity contribution >= 4 is 5.91 Å². The van der Waals surface area contributed by atoms with Gasteiger partial charge in [0, 0.05) is 6.20 Å². The lowest BCUT2D eigenvalue weighted by atomic mass is 10.0. The first-order chi connectivity index (χ1) is 12.7. The molecule has 3 aromatic rings. The molecule has 4 nitrogen and oxygen atoms in total. The van der Waals surface area contributed by atoms with Crippen LogP contribution in [0, 0.1) is 0 Å². The minimum Gasteiger partial charge on any atom is -0.348 e. The van der Waals surface area contributed by atoms with Crippen molar-refractivity contribution in [2.45, 2.75) is 19.0 Å². The first-order valence-corrected chi connectivity index (χ1v) is 8.77. The minimum absolute atomic E-state index is 0.0319. The molecule has 0 unspecified atom stereocenters. The number of amides is 1. The summed E-state index contributed by atoms with van der Waals surface area (Å²) in [6, 6.07) is 25.6. The molecule has 26 heavy (non-hydrogen) atoms. The number of pyridine rings is 1. The van der Waals surface area contributed by atoms with Gasteiger partial charge in [-0.1, -0.05) is 66.7 Å². The maximum atomic E-state index is 12.4. The van der Waals surface area contributed by atoms with Gasteiger partial charge in [0.15, 0.2) is 0 Å². The van der Waals surface area contributed by atoms with Crippen LogP contribution >= 0.6 is 0 Å². The fraction of sp³-hybridized carbons (Fsp3) is 0.182. The van der Waals surface area contributed by atoms with E-state index in [-0.39, 0.29) is 24.5 Å². The Hall–Kier alpha value is -2.98. The van der Waals surface area contributed by atoms with E-state index in [4.69, 9.17) is 0 Å². The first kappa shape index (κ1) is 17.8. The average Bonchev–Trinajstić information content (AvgIpc) is 2.70. The van der Waals surface area contributed by atoms with Crippen LogP contribution in [0.5, 0.6) is 0 Å². The van der Waals surface area contributed by atoms with Crippen molar-refractivity contribution < 1.29 is 4.79 Å². The van der Waals surface area contributed by atoms with Crippen molar-refractivity contribution in [1.29, 1.82) is 0 Å². The van der Waals surface area contributed by atoms with E-state index in [1.165, 1.54) is 0 Å². The SMILES string of the molecule is C[C@H](NC(=O)CN[C@@H](c1ccccc1)c1ccccn1)c1ccccc1. The van der Waals surface area contributed by atoms with Crippen molar-refractivity contribution in [3.63, 3.8) is 0 Å². The largest absolute Gasteiger partial charge is 0.348 e. The molecule has 0 radical (unpaired) electrons. The number of nitrogens with one attached hydrogen (secondary N) is 2. The Balaban J connectivity index is 1.65. The van der Waals surface area contributed by atoms with E-state index in [0.29, 0.717) is 0 Å². The maximum Gasteiger partial charge on any atom is 0.234 e. The maximum absolute atomic E-state index is 12.4. The van der Waals surface area contributed by atoms with E-state index < -0.39 is 0 Å². The van der Waals surface area contributed by atoms with Crippen molar-refractivity contribution in [3.05, 3.63) is 102 Å². The molecule has 0 fully saturated rings. The van der Waals surface area contributed by atoms with Gasteiger partial charge in [0.2, 0.25) is 5.91 Å². The molecule has 1 heterocycles. The highest BCUT2D eigenvalue weighted by Gasteiger charge is 2.17. The lowest BCUT2D eigenvalue weighted by Gasteiger charge is -2.20. The zero-order chi connectivity index (χ0) is 18.2. The molecular formula is C22H23N3O. The van der Waals surface area contributed by atoms with Gasteiger partial charge in [0.05, 0.1) is 24.3 Å². The van der Waals surface area contributed by atoms with Crippen LogP contribution in [0.15, 0.2) is 85.1 Å². The van der Waals surface area contributed by atoms with E-state index in [0.717, 1.165) is 16.8 Å². The zero-order valence-corrected chi connectivity index (χ0v) is 14.8. The van der Waals surface area contributed by atoms with Gasteiger partial charge in [-0.15, -0.1) is 0 Å². The summed E-state index contributed by atoms with van der Waals surface area (Å²) in [7, 11) is 0. The average molecular weight is 345 g/mol. The Morgan fingerprint density at radius 1 is 0.885 bits per heavy atom. The lowest BCUT2D eigenvalue weighted by molar-refractivity contribution is -0.121. The predicted octanol–water partition coefficient (Wildman–Crippen LogP) is 3.64. The summed E-state index contributed by atoms with van der Waals surface area (Å²) in [4.78, 5) is 16.8. The van der Waals surface area contributed by atoms with E-state index in [2.05, 4.69) is 15.6 Å². The van der Waals surface area contributed by atoms with E-state index in [1.807, 2.05) is 85.8 Å². The number of hydrogen-bond acceptors (Lipinski definition) is 3. The molecule has 2 atom stereocenters. The van der Waals surface area contributed by atoms with Crippen molar-refractivity contribution in [3.8, 4) is 0 Å². The molecule has 0 spiro atoms. The molecule has 4 heteroatoms. The molecule has 0 aliphatic carbocycles. The fourth-order valence-electron chi connectivity index (χ4n) is 2.90. The first-order valence-electron chi connectivity index (χ1n) is 8.77. The highest BCUT2D eigenvalue weighted by atomic mass is 16.1. The van der Waals surface area contributed by atoms with E-state index in [1.54, 1.807) is 6.20 Å². The van der Waals surface area contributed by atoms with E-state index in [9.17, 15) is 4.79 Å². The number of rotatable bonds is 7. The quantitative estimate of drug-likeness (QED) is 0.687. The molecule has 2 N–H and O–H groups in total. The molecule has 0 aliphatic rings. The number of carbonyl (C=O) groups is 1. The van der Waals surface area contributed by atoms with Crippen molar-refractivity contribution in [1.82, 2.24) is 15.6 Å². The highest BCUT2D eigenvalue weighted by molar-refractivity contribution is 5.78. The summed E-state index contributed by atoms with van der Waals surface area (Å²) in [5.41, 5.74) is 3.06. The van der Waals surface area contributed by atoms with Gasteiger partial charge < -0.3 is 5.32 Å². The lowest BCUT2D eigenvalue weighted by Crippen LogP contribution is -2.37. The second-order valence-electron chi connectivity index (χ2n) is 6.18. The van der Waals surface area contributed by atoms with Crippen LogP contribution < -0.4 is 10.6 Å². The third-order valence-corrected chi connectivity index (χ3v) is 4.26. The standard InChI is InChI=1S/C22H23N3O/c1-17(18-10-4-2-5-11-18)25-21(26)16-24-22(19-12-6-3-7-13-19)20-14-8-9-15-23-20/h2-15,17,22,24H,16H2,1H3,(H,25,26)/t17-,22-/m0/s1. The zero-order valence-electron chi connectivity index (χ0n) is 14.8. The van der Waals surface area contributed by atoms with Crippen LogP contribution in [0.3, 0.4) is 0 Å². The number of nitrogens with zero attached hydrogens (tertiary/aromatic N) is 1. The predicted molar refractivity (Wildman–Crippen MR) is 104 cm³/mol. The summed E-state index contributed by atoms with van der Waals surface area (Å²) in [5.74, 6) is -0.0433. The summed E-state index contributed by atoms with van der Waals surface area (Å²) in [6.07, 6.45) is 1.77. The fourth-order valence-corrected chi connectivity index (χ4v) is 2.90. The van der Waals surface area contributed by atoms with E-state index >= 15 is 0 Å². The molecule has 2 aromatic carbocycles. The second kappa shape index (κ2) is 8.92. The molecule has 0 bridgehead atoms. The summed E-state index contributed by atoms with van der Waals surface area (Å²) in [6.45, 7) is 2.20. The molecule has 0 saturated carbocycles. The molecule has 132 valence electrons. The molecule has 1 aromatic heterocycles. The van der Waals surface area contributed by atoms with Crippen LogP contribution in [-0.2, 0) is 4.79 Å². The number of carbonyl (C=O) groups excluding carboxylic acids is 1. The Morgan fingerprint density at radius 2 is 1.50 bits per heavy atom. The third kappa shape index (κ3) is 4.77. The van der Waals surface area contributed by atoms with Crippen LogP contribution in [0.25, 0.3) is 0 Å². The van der Waals surface area contributed by atoms with Crippen molar-refractivity contribution in [2.75, 3.05) is 6.54 Å². The normalized spacial score (nSPS) is 13.0. The second-order valence-corrected chi connectivity index (χ2v) is 6.18. The monoisotopic (exact) mass is 345 g/mol. The van der Waals surface area contributed by atoms with Gasteiger partial charge in [0.1, 0.15) is 0 Å². The minimum atomic E-state index is -0.129. The smallest absolute Gasteiger partial charge is 0.234 e. The van der Waals surface area contributed by atoms with Crippen LogP contribution in [0.1, 0.15) is 35.8 Å². The molecule has 0 aliphatic heterocycles. The Labute approximate surface area is 154 Å². The van der Waals surface area contributed by atoms with Crippen LogP contribution in [0.4, 0.5) is 0 Å². The summed E-state index contributed by atoms with van der Waals surface area (Å²) < 4.78 is 0. The molecule has 0 saturated heterocycles. The van der Waals surface area contributed by atoms with Gasteiger partial charge in [-0.2, -0.15) is 0 Å². The Kier molecular flexibility index (Phi) is 6.12. The third-order valence-electron chi connectivity index (χ3n) is 4.26.